The van der Waals surface area contributed by atoms with Crippen molar-refractivity contribution in [2.45, 2.75) is 32.2 Å². The average molecular weight is 294 g/mol. The normalized spacial score (nSPS) is 14.4. The molecule has 2 aromatic carbocycles. The van der Waals surface area contributed by atoms with E-state index in [-0.39, 0.29) is 11.9 Å². The molecule has 1 aliphatic carbocycles. The van der Waals surface area contributed by atoms with Crippen molar-refractivity contribution in [1.29, 1.82) is 0 Å². The first kappa shape index (κ1) is 14.8. The highest BCUT2D eigenvalue weighted by Gasteiger charge is 2.12. The third-order valence-electron chi connectivity index (χ3n) is 4.25. The molecule has 0 saturated heterocycles. The van der Waals surface area contributed by atoms with E-state index in [9.17, 15) is 4.79 Å². The fourth-order valence-electron chi connectivity index (χ4n) is 2.96. The number of carbonyl (C=O) groups excluding carboxylic acids is 1. The van der Waals surface area contributed by atoms with Gasteiger partial charge in [-0.2, -0.15) is 0 Å². The van der Waals surface area contributed by atoms with Gasteiger partial charge in [-0.1, -0.05) is 36.4 Å². The van der Waals surface area contributed by atoms with Gasteiger partial charge in [0.25, 0.3) is 0 Å². The first-order chi connectivity index (χ1) is 10.7. The molecule has 0 saturated carbocycles. The molecule has 0 unspecified atom stereocenters. The van der Waals surface area contributed by atoms with Crippen LogP contribution >= 0.6 is 0 Å². The maximum Gasteiger partial charge on any atom is 0.238 e. The van der Waals surface area contributed by atoms with Gasteiger partial charge in [-0.05, 0) is 55.0 Å². The minimum Gasteiger partial charge on any atom is -0.325 e. The third kappa shape index (κ3) is 3.55. The third-order valence-corrected chi connectivity index (χ3v) is 4.25. The second-order valence-electron chi connectivity index (χ2n) is 5.90. The van der Waals surface area contributed by atoms with Crippen molar-refractivity contribution < 1.29 is 4.79 Å². The minimum atomic E-state index is 0.000674. The maximum atomic E-state index is 12.1. The molecule has 0 spiro atoms. The van der Waals surface area contributed by atoms with E-state index < -0.39 is 0 Å². The van der Waals surface area contributed by atoms with Gasteiger partial charge < -0.3 is 10.6 Å². The largest absolute Gasteiger partial charge is 0.325 e. The van der Waals surface area contributed by atoms with Crippen LogP contribution in [-0.2, 0) is 17.6 Å². The number of benzene rings is 2. The Balaban J connectivity index is 1.52. The Morgan fingerprint density at radius 1 is 1.09 bits per heavy atom. The summed E-state index contributed by atoms with van der Waals surface area (Å²) in [5.74, 6) is 0.000674. The number of fused-ring (bicyclic) bond motifs is 1. The van der Waals surface area contributed by atoms with Crippen LogP contribution in [0.3, 0.4) is 0 Å². The molecule has 1 aliphatic rings. The van der Waals surface area contributed by atoms with Crippen LogP contribution in [0.25, 0.3) is 0 Å². The van der Waals surface area contributed by atoms with Gasteiger partial charge in [0.15, 0.2) is 0 Å². The van der Waals surface area contributed by atoms with Crippen LogP contribution in [0.4, 0.5) is 5.69 Å². The van der Waals surface area contributed by atoms with Gasteiger partial charge in [-0.15, -0.1) is 0 Å². The van der Waals surface area contributed by atoms with E-state index in [4.69, 9.17) is 0 Å². The summed E-state index contributed by atoms with van der Waals surface area (Å²) in [4.78, 5) is 12.1. The molecule has 0 bridgehead atoms. The van der Waals surface area contributed by atoms with Crippen LogP contribution in [0.5, 0.6) is 0 Å². The Kier molecular flexibility index (Phi) is 4.54. The molecule has 0 heterocycles. The molecule has 2 aromatic rings. The Labute approximate surface area is 131 Å². The highest BCUT2D eigenvalue weighted by Crippen LogP contribution is 2.24. The van der Waals surface area contributed by atoms with Crippen molar-refractivity contribution in [3.05, 3.63) is 65.2 Å². The molecule has 1 atom stereocenters. The van der Waals surface area contributed by atoms with Gasteiger partial charge in [0.1, 0.15) is 0 Å². The fraction of sp³-hybridized carbons (Fsp3) is 0.316. The smallest absolute Gasteiger partial charge is 0.238 e. The highest BCUT2D eigenvalue weighted by molar-refractivity contribution is 5.92. The van der Waals surface area contributed by atoms with E-state index >= 15 is 0 Å². The van der Waals surface area contributed by atoms with Gasteiger partial charge in [0.05, 0.1) is 6.54 Å². The Morgan fingerprint density at radius 2 is 1.86 bits per heavy atom. The average Bonchev–Trinajstić information content (AvgIpc) is 3.01. The number of rotatable bonds is 5. The molecule has 3 heteroatoms. The van der Waals surface area contributed by atoms with Crippen LogP contribution in [-0.4, -0.2) is 12.5 Å². The van der Waals surface area contributed by atoms with Gasteiger partial charge >= 0.3 is 0 Å². The quantitative estimate of drug-likeness (QED) is 0.886. The molecule has 3 nitrogen and oxygen atoms in total. The molecule has 0 aromatic heterocycles. The lowest BCUT2D eigenvalue weighted by Gasteiger charge is -2.14. The van der Waals surface area contributed by atoms with Crippen LogP contribution in [0.15, 0.2) is 48.5 Å². The Hall–Kier alpha value is -2.13. The molecular weight excluding hydrogens is 272 g/mol. The van der Waals surface area contributed by atoms with Crippen molar-refractivity contribution in [3.8, 4) is 0 Å². The van der Waals surface area contributed by atoms with Crippen LogP contribution < -0.4 is 10.6 Å². The first-order valence-electron chi connectivity index (χ1n) is 7.92. The monoisotopic (exact) mass is 294 g/mol. The zero-order chi connectivity index (χ0) is 15.4. The summed E-state index contributed by atoms with van der Waals surface area (Å²) in [6, 6.07) is 16.6. The summed E-state index contributed by atoms with van der Waals surface area (Å²) in [6.45, 7) is 2.38. The summed E-state index contributed by atoms with van der Waals surface area (Å²) in [6.07, 6.45) is 3.52. The molecule has 0 aliphatic heterocycles. The Bertz CT molecular complexity index is 652. The molecule has 1 amide bonds. The SMILES string of the molecule is C[C@@H](NCC(=O)Nc1ccc2c(c1)CCC2)c1ccccc1. The zero-order valence-corrected chi connectivity index (χ0v) is 12.9. The van der Waals surface area contributed by atoms with E-state index in [0.717, 1.165) is 12.1 Å². The standard InChI is InChI=1S/C19H22N2O/c1-14(15-6-3-2-4-7-15)20-13-19(22)21-18-11-10-16-8-5-9-17(16)12-18/h2-4,6-7,10-12,14,20H,5,8-9,13H2,1H3,(H,21,22)/t14-/m1/s1. The summed E-state index contributed by atoms with van der Waals surface area (Å²) < 4.78 is 0. The Morgan fingerprint density at radius 3 is 2.68 bits per heavy atom. The second kappa shape index (κ2) is 6.75. The van der Waals surface area contributed by atoms with Gasteiger partial charge in [0, 0.05) is 11.7 Å². The van der Waals surface area contributed by atoms with E-state index in [0.29, 0.717) is 6.54 Å². The molecule has 2 N–H and O–H groups in total. The summed E-state index contributed by atoms with van der Waals surface area (Å²) in [7, 11) is 0. The highest BCUT2D eigenvalue weighted by atomic mass is 16.1. The van der Waals surface area contributed by atoms with Crippen LogP contribution in [0, 0.1) is 0 Å². The second-order valence-corrected chi connectivity index (χ2v) is 5.90. The fourth-order valence-corrected chi connectivity index (χ4v) is 2.96. The van der Waals surface area contributed by atoms with E-state index in [1.54, 1.807) is 0 Å². The number of hydrogen-bond donors (Lipinski definition) is 2. The number of anilines is 1. The summed E-state index contributed by atoms with van der Waals surface area (Å²) >= 11 is 0. The molecular formula is C19H22N2O. The zero-order valence-electron chi connectivity index (χ0n) is 12.9. The summed E-state index contributed by atoms with van der Waals surface area (Å²) in [5, 5.41) is 6.24. The van der Waals surface area contributed by atoms with E-state index in [1.807, 2.05) is 24.3 Å². The van der Waals surface area contributed by atoms with Crippen molar-refractivity contribution in [1.82, 2.24) is 5.32 Å². The lowest BCUT2D eigenvalue weighted by Crippen LogP contribution is -2.30. The van der Waals surface area contributed by atoms with Crippen molar-refractivity contribution in [2.75, 3.05) is 11.9 Å². The van der Waals surface area contributed by atoms with E-state index in [1.165, 1.54) is 29.5 Å². The first-order valence-corrected chi connectivity index (χ1v) is 7.92. The van der Waals surface area contributed by atoms with Gasteiger partial charge in [-0.25, -0.2) is 0 Å². The van der Waals surface area contributed by atoms with Crippen molar-refractivity contribution in [3.63, 3.8) is 0 Å². The predicted molar refractivity (Wildman–Crippen MR) is 90.0 cm³/mol. The van der Waals surface area contributed by atoms with Crippen LogP contribution in [0.1, 0.15) is 36.1 Å². The lowest BCUT2D eigenvalue weighted by atomic mass is 10.1. The van der Waals surface area contributed by atoms with Crippen molar-refractivity contribution in [2.24, 2.45) is 0 Å². The number of hydrogen-bond acceptors (Lipinski definition) is 2. The molecule has 22 heavy (non-hydrogen) atoms. The van der Waals surface area contributed by atoms with Crippen molar-refractivity contribution >= 4 is 11.6 Å². The molecule has 114 valence electrons. The molecule has 0 fully saturated rings. The number of amides is 1. The maximum absolute atomic E-state index is 12.1. The molecule has 3 rings (SSSR count). The molecule has 0 radical (unpaired) electrons. The lowest BCUT2D eigenvalue weighted by molar-refractivity contribution is -0.115. The number of nitrogens with one attached hydrogen (secondary N) is 2. The number of aryl methyl sites for hydroxylation is 2. The number of carbonyl (C=O) groups is 1. The van der Waals surface area contributed by atoms with Gasteiger partial charge in [0.2, 0.25) is 5.91 Å². The predicted octanol–water partition coefficient (Wildman–Crippen LogP) is 3.46. The topological polar surface area (TPSA) is 41.1 Å². The summed E-state index contributed by atoms with van der Waals surface area (Å²) in [5.41, 5.74) is 4.89. The van der Waals surface area contributed by atoms with Crippen LogP contribution in [0.2, 0.25) is 0 Å². The van der Waals surface area contributed by atoms with E-state index in [2.05, 4.69) is 41.8 Å². The minimum absolute atomic E-state index is 0.000674. The van der Waals surface area contributed by atoms with Gasteiger partial charge in [-0.3, -0.25) is 4.79 Å².